The van der Waals surface area contributed by atoms with E-state index in [-0.39, 0.29) is 18.2 Å². The van der Waals surface area contributed by atoms with Crippen LogP contribution in [0.15, 0.2) is 42.5 Å². The van der Waals surface area contributed by atoms with Crippen molar-refractivity contribution in [2.45, 2.75) is 32.1 Å². The lowest BCUT2D eigenvalue weighted by molar-refractivity contribution is -0.0691. The maximum atomic E-state index is 6.43. The van der Waals surface area contributed by atoms with Crippen LogP contribution in [0.25, 0.3) is 10.8 Å². The summed E-state index contributed by atoms with van der Waals surface area (Å²) >= 11 is 0. The molecule has 112 valence electrons. The van der Waals surface area contributed by atoms with E-state index in [9.17, 15) is 0 Å². The van der Waals surface area contributed by atoms with E-state index in [1.807, 2.05) is 0 Å². The molecule has 0 aromatic heterocycles. The van der Waals surface area contributed by atoms with Gasteiger partial charge in [0, 0.05) is 25.7 Å². The summed E-state index contributed by atoms with van der Waals surface area (Å²) in [6.45, 7) is 7.07. The Kier molecular flexibility index (Phi) is 4.24. The Bertz CT molecular complexity index is 603. The predicted molar refractivity (Wildman–Crippen MR) is 87.3 cm³/mol. The van der Waals surface area contributed by atoms with Gasteiger partial charge < -0.3 is 10.5 Å². The van der Waals surface area contributed by atoms with Crippen LogP contribution >= 0.6 is 0 Å². The van der Waals surface area contributed by atoms with E-state index in [2.05, 4.69) is 61.2 Å². The number of morpholine rings is 1. The molecule has 1 heterocycles. The van der Waals surface area contributed by atoms with Gasteiger partial charge in [0.15, 0.2) is 0 Å². The lowest BCUT2D eigenvalue weighted by Gasteiger charge is -2.36. The first-order valence-electron chi connectivity index (χ1n) is 7.74. The van der Waals surface area contributed by atoms with E-state index in [1.54, 1.807) is 0 Å². The number of fused-ring (bicyclic) bond motifs is 1. The van der Waals surface area contributed by atoms with Crippen molar-refractivity contribution in [2.24, 2.45) is 5.73 Å². The van der Waals surface area contributed by atoms with Crippen LogP contribution < -0.4 is 5.73 Å². The fourth-order valence-corrected chi connectivity index (χ4v) is 3.26. The minimum absolute atomic E-state index is 0.0482. The Balaban J connectivity index is 1.72. The number of nitrogens with zero attached hydrogens (tertiary/aromatic N) is 1. The second-order valence-electron chi connectivity index (χ2n) is 6.19. The highest BCUT2D eigenvalue weighted by atomic mass is 16.5. The van der Waals surface area contributed by atoms with E-state index >= 15 is 0 Å². The van der Waals surface area contributed by atoms with Crippen molar-refractivity contribution in [1.29, 1.82) is 0 Å². The lowest BCUT2D eigenvalue weighted by Crippen LogP contribution is -2.47. The number of benzene rings is 2. The Morgan fingerprint density at radius 2 is 1.76 bits per heavy atom. The van der Waals surface area contributed by atoms with Gasteiger partial charge in [0.2, 0.25) is 0 Å². The second-order valence-corrected chi connectivity index (χ2v) is 6.19. The zero-order chi connectivity index (χ0) is 14.8. The van der Waals surface area contributed by atoms with Crippen LogP contribution in [-0.4, -0.2) is 36.7 Å². The summed E-state index contributed by atoms with van der Waals surface area (Å²) in [6.07, 6.45) is 0.579. The number of ether oxygens (including phenoxy) is 1. The van der Waals surface area contributed by atoms with Crippen molar-refractivity contribution in [2.75, 3.05) is 19.6 Å². The molecule has 2 N–H and O–H groups in total. The van der Waals surface area contributed by atoms with Gasteiger partial charge in [-0.1, -0.05) is 36.4 Å². The smallest absolute Gasteiger partial charge is 0.0678 e. The quantitative estimate of drug-likeness (QED) is 0.942. The van der Waals surface area contributed by atoms with Crippen molar-refractivity contribution in [3.05, 3.63) is 48.0 Å². The normalized spacial score (nSPS) is 25.1. The molecule has 1 aliphatic heterocycles. The number of hydrogen-bond donors (Lipinski definition) is 1. The van der Waals surface area contributed by atoms with E-state index < -0.39 is 0 Å². The van der Waals surface area contributed by atoms with Crippen LogP contribution in [0.5, 0.6) is 0 Å². The van der Waals surface area contributed by atoms with Crippen LogP contribution in [0.3, 0.4) is 0 Å². The molecule has 3 atom stereocenters. The first-order valence-corrected chi connectivity index (χ1v) is 7.74. The van der Waals surface area contributed by atoms with Crippen LogP contribution in [-0.2, 0) is 4.74 Å². The fourth-order valence-electron chi connectivity index (χ4n) is 3.26. The van der Waals surface area contributed by atoms with Crippen molar-refractivity contribution in [3.63, 3.8) is 0 Å². The molecule has 1 fully saturated rings. The molecular weight excluding hydrogens is 260 g/mol. The molecule has 3 unspecified atom stereocenters. The minimum Gasteiger partial charge on any atom is -0.373 e. The molecule has 0 aliphatic carbocycles. The summed E-state index contributed by atoms with van der Waals surface area (Å²) in [7, 11) is 0. The molecule has 2 aromatic rings. The van der Waals surface area contributed by atoms with E-state index in [4.69, 9.17) is 10.5 Å². The third-order valence-electron chi connectivity index (χ3n) is 4.15. The van der Waals surface area contributed by atoms with Gasteiger partial charge in [0.25, 0.3) is 0 Å². The Labute approximate surface area is 126 Å². The molecule has 3 nitrogen and oxygen atoms in total. The van der Waals surface area contributed by atoms with Gasteiger partial charge in [-0.2, -0.15) is 0 Å². The van der Waals surface area contributed by atoms with E-state index in [1.165, 1.54) is 16.3 Å². The molecule has 2 aromatic carbocycles. The highest BCUT2D eigenvalue weighted by Gasteiger charge is 2.23. The molecule has 0 saturated carbocycles. The van der Waals surface area contributed by atoms with Crippen molar-refractivity contribution in [3.8, 4) is 0 Å². The largest absolute Gasteiger partial charge is 0.373 e. The standard InChI is InChI=1S/C18H24N2O/c1-13-10-20(11-14(2)21-13)12-18(19)17-8-7-15-5-3-4-6-16(15)9-17/h3-9,13-14,18H,10-12,19H2,1-2H3. The van der Waals surface area contributed by atoms with Gasteiger partial charge in [-0.15, -0.1) is 0 Å². The minimum atomic E-state index is 0.0482. The molecule has 21 heavy (non-hydrogen) atoms. The van der Waals surface area contributed by atoms with Gasteiger partial charge in [0.1, 0.15) is 0 Å². The van der Waals surface area contributed by atoms with Crippen LogP contribution in [0.1, 0.15) is 25.5 Å². The second kappa shape index (κ2) is 6.14. The summed E-state index contributed by atoms with van der Waals surface area (Å²) in [4.78, 5) is 2.42. The number of nitrogens with two attached hydrogens (primary N) is 1. The molecule has 0 spiro atoms. The zero-order valence-electron chi connectivity index (χ0n) is 12.8. The topological polar surface area (TPSA) is 38.5 Å². The third-order valence-corrected chi connectivity index (χ3v) is 4.15. The first kappa shape index (κ1) is 14.5. The van der Waals surface area contributed by atoms with Crippen molar-refractivity contribution in [1.82, 2.24) is 4.90 Å². The number of rotatable bonds is 3. The molecule has 3 heteroatoms. The van der Waals surface area contributed by atoms with Gasteiger partial charge >= 0.3 is 0 Å². The first-order chi connectivity index (χ1) is 10.1. The van der Waals surface area contributed by atoms with Gasteiger partial charge in [-0.05, 0) is 36.2 Å². The van der Waals surface area contributed by atoms with E-state index in [0.29, 0.717) is 0 Å². The Morgan fingerprint density at radius 3 is 2.48 bits per heavy atom. The lowest BCUT2D eigenvalue weighted by atomic mass is 10.0. The van der Waals surface area contributed by atoms with Gasteiger partial charge in [-0.3, -0.25) is 4.90 Å². The van der Waals surface area contributed by atoms with Gasteiger partial charge in [0.05, 0.1) is 12.2 Å². The average Bonchev–Trinajstić information content (AvgIpc) is 2.45. The Hall–Kier alpha value is -1.42. The molecule has 3 rings (SSSR count). The summed E-state index contributed by atoms with van der Waals surface area (Å²) in [5.41, 5.74) is 7.63. The number of hydrogen-bond acceptors (Lipinski definition) is 3. The highest BCUT2D eigenvalue weighted by molar-refractivity contribution is 5.83. The molecular formula is C18H24N2O. The third kappa shape index (κ3) is 3.43. The SMILES string of the molecule is CC1CN(CC(N)c2ccc3ccccc3c2)CC(C)O1. The van der Waals surface area contributed by atoms with Crippen LogP contribution in [0, 0.1) is 0 Å². The molecule has 0 amide bonds. The van der Waals surface area contributed by atoms with Crippen molar-refractivity contribution < 1.29 is 4.74 Å². The molecule has 0 bridgehead atoms. The predicted octanol–water partition coefficient (Wildman–Crippen LogP) is 2.95. The van der Waals surface area contributed by atoms with Crippen LogP contribution in [0.2, 0.25) is 0 Å². The summed E-state index contributed by atoms with van der Waals surface area (Å²) in [5, 5.41) is 2.52. The highest BCUT2D eigenvalue weighted by Crippen LogP contribution is 2.21. The maximum absolute atomic E-state index is 6.43. The summed E-state index contributed by atoms with van der Waals surface area (Å²) < 4.78 is 5.78. The zero-order valence-corrected chi connectivity index (χ0v) is 12.8. The monoisotopic (exact) mass is 284 g/mol. The van der Waals surface area contributed by atoms with Gasteiger partial charge in [-0.25, -0.2) is 0 Å². The van der Waals surface area contributed by atoms with Crippen LogP contribution in [0.4, 0.5) is 0 Å². The fraction of sp³-hybridized carbons (Fsp3) is 0.444. The average molecular weight is 284 g/mol. The Morgan fingerprint density at radius 1 is 1.10 bits per heavy atom. The van der Waals surface area contributed by atoms with E-state index in [0.717, 1.165) is 19.6 Å². The summed E-state index contributed by atoms with van der Waals surface area (Å²) in [5.74, 6) is 0. The molecule has 1 aliphatic rings. The molecule has 0 radical (unpaired) electrons. The maximum Gasteiger partial charge on any atom is 0.0678 e. The van der Waals surface area contributed by atoms with Crippen molar-refractivity contribution >= 4 is 10.8 Å². The summed E-state index contributed by atoms with van der Waals surface area (Å²) in [6, 6.07) is 15.0. The molecule has 1 saturated heterocycles.